The molecule has 0 saturated heterocycles. The Morgan fingerprint density at radius 2 is 2.24 bits per heavy atom. The zero-order valence-corrected chi connectivity index (χ0v) is 10.1. The van der Waals surface area contributed by atoms with Crippen molar-refractivity contribution in [1.29, 1.82) is 0 Å². The van der Waals surface area contributed by atoms with Gasteiger partial charge in [0.25, 0.3) is 0 Å². The minimum Gasteiger partial charge on any atom is -0.369 e. The van der Waals surface area contributed by atoms with Crippen LogP contribution >= 0.6 is 11.3 Å². The van der Waals surface area contributed by atoms with Gasteiger partial charge in [-0.3, -0.25) is 9.55 Å². The van der Waals surface area contributed by atoms with Gasteiger partial charge in [-0.1, -0.05) is 0 Å². The maximum Gasteiger partial charge on any atom is 0.202 e. The van der Waals surface area contributed by atoms with Gasteiger partial charge in [-0.15, -0.1) is 11.3 Å². The monoisotopic (exact) mass is 245 g/mol. The molecule has 0 bridgehead atoms. The first-order valence-electron chi connectivity index (χ1n) is 5.21. The highest BCUT2D eigenvalue weighted by molar-refractivity contribution is 7.09. The summed E-state index contributed by atoms with van der Waals surface area (Å²) >= 11 is 1.60. The lowest BCUT2D eigenvalue weighted by molar-refractivity contribution is 0.837. The van der Waals surface area contributed by atoms with Gasteiger partial charge in [0.2, 0.25) is 5.95 Å². The first-order valence-corrected chi connectivity index (χ1v) is 6.09. The van der Waals surface area contributed by atoms with Crippen LogP contribution in [0.2, 0.25) is 0 Å². The Morgan fingerprint density at radius 3 is 3.00 bits per heavy atom. The van der Waals surface area contributed by atoms with Gasteiger partial charge in [0.05, 0.1) is 12.1 Å². The number of fused-ring (bicyclic) bond motifs is 1. The van der Waals surface area contributed by atoms with Crippen LogP contribution in [0.5, 0.6) is 0 Å². The number of imidazole rings is 1. The molecule has 3 aromatic heterocycles. The summed E-state index contributed by atoms with van der Waals surface area (Å²) in [5.74, 6) is 0.492. The van der Waals surface area contributed by atoms with Gasteiger partial charge in [0.15, 0.2) is 5.65 Å². The molecular formula is C11H11N5S. The molecule has 3 heterocycles. The van der Waals surface area contributed by atoms with Crippen LogP contribution in [0.15, 0.2) is 23.8 Å². The molecule has 0 radical (unpaired) electrons. The summed E-state index contributed by atoms with van der Waals surface area (Å²) in [6.07, 6.45) is 1.84. The highest BCUT2D eigenvalue weighted by atomic mass is 32.1. The van der Waals surface area contributed by atoms with Crippen LogP contribution in [0.1, 0.15) is 10.6 Å². The van der Waals surface area contributed by atoms with Crippen molar-refractivity contribution in [2.75, 3.05) is 5.73 Å². The molecule has 0 aliphatic carbocycles. The number of aryl methyl sites for hydroxylation is 1. The van der Waals surface area contributed by atoms with Crippen LogP contribution in [0.3, 0.4) is 0 Å². The molecule has 86 valence electrons. The first kappa shape index (κ1) is 10.2. The summed E-state index contributed by atoms with van der Waals surface area (Å²) in [5, 5.41) is 0. The van der Waals surface area contributed by atoms with Crippen molar-refractivity contribution < 1.29 is 0 Å². The Kier molecular flexibility index (Phi) is 2.29. The predicted octanol–water partition coefficient (Wildman–Crippen LogP) is 1.83. The molecule has 6 heteroatoms. The predicted molar refractivity (Wildman–Crippen MR) is 67.9 cm³/mol. The summed E-state index contributed by atoms with van der Waals surface area (Å²) in [6, 6.07) is 3.88. The molecular weight excluding hydrogens is 234 g/mol. The highest BCUT2D eigenvalue weighted by Crippen LogP contribution is 2.19. The van der Waals surface area contributed by atoms with E-state index in [0.29, 0.717) is 12.5 Å². The molecule has 3 rings (SSSR count). The number of nitrogen functional groups attached to an aromatic ring is 1. The number of anilines is 1. The lowest BCUT2D eigenvalue weighted by Gasteiger charge is -2.03. The maximum atomic E-state index is 5.92. The lowest BCUT2D eigenvalue weighted by Crippen LogP contribution is -2.04. The van der Waals surface area contributed by atoms with Crippen LogP contribution in [0, 0.1) is 6.92 Å². The van der Waals surface area contributed by atoms with Crippen molar-refractivity contribution in [2.24, 2.45) is 0 Å². The summed E-state index contributed by atoms with van der Waals surface area (Å²) in [4.78, 5) is 14.0. The zero-order valence-electron chi connectivity index (χ0n) is 9.29. The van der Waals surface area contributed by atoms with Gasteiger partial charge in [-0.25, -0.2) is 9.97 Å². The molecule has 0 unspecified atom stereocenters. The first-order chi connectivity index (χ1) is 8.24. The number of hydrogen-bond donors (Lipinski definition) is 1. The van der Waals surface area contributed by atoms with Crippen molar-refractivity contribution in [3.63, 3.8) is 0 Å². The fourth-order valence-corrected chi connectivity index (χ4v) is 2.33. The second-order valence-corrected chi connectivity index (χ2v) is 4.79. The Hall–Kier alpha value is -1.95. The third kappa shape index (κ3) is 1.76. The average Bonchev–Trinajstić information content (AvgIpc) is 2.90. The largest absolute Gasteiger partial charge is 0.369 e. The second kappa shape index (κ2) is 3.81. The molecule has 0 amide bonds. The highest BCUT2D eigenvalue weighted by Gasteiger charge is 2.10. The van der Waals surface area contributed by atoms with Crippen LogP contribution < -0.4 is 5.73 Å². The normalized spacial score (nSPS) is 11.1. The molecule has 3 aromatic rings. The van der Waals surface area contributed by atoms with Crippen molar-refractivity contribution in [3.05, 3.63) is 34.4 Å². The van der Waals surface area contributed by atoms with E-state index in [4.69, 9.17) is 5.73 Å². The van der Waals surface area contributed by atoms with Gasteiger partial charge >= 0.3 is 0 Å². The van der Waals surface area contributed by atoms with Gasteiger partial charge in [0, 0.05) is 16.8 Å². The van der Waals surface area contributed by atoms with E-state index in [1.165, 1.54) is 0 Å². The van der Waals surface area contributed by atoms with E-state index in [1.54, 1.807) is 11.3 Å². The Labute approximate surface area is 102 Å². The molecule has 0 fully saturated rings. The average molecular weight is 245 g/mol. The van der Waals surface area contributed by atoms with Crippen LogP contribution in [-0.2, 0) is 6.54 Å². The van der Waals surface area contributed by atoms with Crippen LogP contribution in [-0.4, -0.2) is 19.5 Å². The van der Waals surface area contributed by atoms with Crippen molar-refractivity contribution in [3.8, 4) is 0 Å². The van der Waals surface area contributed by atoms with Crippen LogP contribution in [0.25, 0.3) is 11.2 Å². The zero-order chi connectivity index (χ0) is 11.8. The number of aromatic nitrogens is 4. The quantitative estimate of drug-likeness (QED) is 0.747. The van der Waals surface area contributed by atoms with Crippen molar-refractivity contribution >= 4 is 28.4 Å². The second-order valence-electron chi connectivity index (χ2n) is 3.82. The van der Waals surface area contributed by atoms with E-state index in [2.05, 4.69) is 15.0 Å². The van der Waals surface area contributed by atoms with E-state index >= 15 is 0 Å². The van der Waals surface area contributed by atoms with E-state index in [9.17, 15) is 0 Å². The summed E-state index contributed by atoms with van der Waals surface area (Å²) in [7, 11) is 0. The minimum absolute atomic E-state index is 0.492. The molecule has 0 aromatic carbocycles. The molecule has 2 N–H and O–H groups in total. The summed E-state index contributed by atoms with van der Waals surface area (Å²) < 4.78 is 1.91. The van der Waals surface area contributed by atoms with Gasteiger partial charge in [0.1, 0.15) is 5.52 Å². The van der Waals surface area contributed by atoms with E-state index in [1.807, 2.05) is 35.3 Å². The van der Waals surface area contributed by atoms with Gasteiger partial charge in [-0.2, -0.15) is 0 Å². The number of thiazole rings is 1. The Bertz CT molecular complexity index is 656. The van der Waals surface area contributed by atoms with E-state index in [0.717, 1.165) is 21.7 Å². The van der Waals surface area contributed by atoms with Crippen molar-refractivity contribution in [2.45, 2.75) is 13.5 Å². The standard InChI is InChI=1S/C11H11N5S/c1-7-2-3-9-10(14-7)16(11(12)15-9)5-8-4-13-6-17-8/h2-4,6H,5H2,1H3,(H2,12,15). The number of pyridine rings is 1. The Morgan fingerprint density at radius 1 is 1.35 bits per heavy atom. The number of hydrogen-bond acceptors (Lipinski definition) is 5. The third-order valence-corrected chi connectivity index (χ3v) is 3.32. The van der Waals surface area contributed by atoms with E-state index in [-0.39, 0.29) is 0 Å². The summed E-state index contributed by atoms with van der Waals surface area (Å²) in [6.45, 7) is 2.63. The van der Waals surface area contributed by atoms with Gasteiger partial charge < -0.3 is 5.73 Å². The number of nitrogens with zero attached hydrogens (tertiary/aromatic N) is 4. The molecule has 17 heavy (non-hydrogen) atoms. The molecule has 5 nitrogen and oxygen atoms in total. The Balaban J connectivity index is 2.14. The molecule has 0 aliphatic heterocycles. The lowest BCUT2D eigenvalue weighted by atomic mass is 10.3. The van der Waals surface area contributed by atoms with E-state index < -0.39 is 0 Å². The molecule has 0 aliphatic rings. The van der Waals surface area contributed by atoms with Crippen LogP contribution in [0.4, 0.5) is 5.95 Å². The van der Waals surface area contributed by atoms with Gasteiger partial charge in [-0.05, 0) is 19.1 Å². The number of rotatable bonds is 2. The SMILES string of the molecule is Cc1ccc2nc(N)n(Cc3cncs3)c2n1. The number of nitrogens with two attached hydrogens (primary N) is 1. The molecule has 0 saturated carbocycles. The maximum absolute atomic E-state index is 5.92. The smallest absolute Gasteiger partial charge is 0.202 e. The fourth-order valence-electron chi connectivity index (χ4n) is 1.75. The molecule has 0 atom stereocenters. The minimum atomic E-state index is 0.492. The third-order valence-electron chi connectivity index (χ3n) is 2.56. The fraction of sp³-hybridized carbons (Fsp3) is 0.182. The topological polar surface area (TPSA) is 69.6 Å². The molecule has 0 spiro atoms. The van der Waals surface area contributed by atoms with Crippen molar-refractivity contribution in [1.82, 2.24) is 19.5 Å². The summed E-state index contributed by atoms with van der Waals surface area (Å²) in [5.41, 5.74) is 10.3.